The lowest BCUT2D eigenvalue weighted by atomic mass is 10.2. The third-order valence-corrected chi connectivity index (χ3v) is 6.27. The predicted molar refractivity (Wildman–Crippen MR) is 130 cm³/mol. The fourth-order valence-corrected chi connectivity index (χ4v) is 4.15. The van der Waals surface area contributed by atoms with Crippen LogP contribution in [0.1, 0.15) is 15.9 Å². The number of piperazine rings is 1. The van der Waals surface area contributed by atoms with Crippen molar-refractivity contribution < 1.29 is 19.1 Å². The Labute approximate surface area is 201 Å². The molecule has 2 saturated heterocycles. The number of nitrogens with one attached hydrogen (secondary N) is 1. The molecule has 2 aromatic carbocycles. The molecule has 1 N–H and O–H groups in total. The summed E-state index contributed by atoms with van der Waals surface area (Å²) in [5, 5.41) is 3.00. The summed E-state index contributed by atoms with van der Waals surface area (Å²) in [6, 6.07) is 17.2. The maximum absolute atomic E-state index is 12.5. The van der Waals surface area contributed by atoms with E-state index in [4.69, 9.17) is 9.47 Å². The van der Waals surface area contributed by atoms with Crippen LogP contribution in [0.4, 0.5) is 0 Å². The van der Waals surface area contributed by atoms with Gasteiger partial charge in [0, 0.05) is 57.9 Å². The number of morpholine rings is 1. The smallest absolute Gasteiger partial charge is 0.251 e. The van der Waals surface area contributed by atoms with E-state index >= 15 is 0 Å². The summed E-state index contributed by atoms with van der Waals surface area (Å²) in [6.07, 6.45) is 0. The average molecular weight is 467 g/mol. The van der Waals surface area contributed by atoms with E-state index in [2.05, 4.69) is 15.1 Å². The third kappa shape index (κ3) is 7.28. The molecule has 2 aromatic rings. The van der Waals surface area contributed by atoms with Gasteiger partial charge in [-0.05, 0) is 29.8 Å². The lowest BCUT2D eigenvalue weighted by molar-refractivity contribution is -0.136. The van der Waals surface area contributed by atoms with Gasteiger partial charge in [-0.15, -0.1) is 0 Å². The van der Waals surface area contributed by atoms with Gasteiger partial charge < -0.3 is 19.7 Å². The Morgan fingerprint density at radius 3 is 2.24 bits per heavy atom. The number of nitrogens with zero attached hydrogens (tertiary/aromatic N) is 3. The summed E-state index contributed by atoms with van der Waals surface area (Å²) in [5.74, 6) is 0.857. The van der Waals surface area contributed by atoms with Gasteiger partial charge in [0.2, 0.25) is 5.91 Å². The van der Waals surface area contributed by atoms with E-state index in [1.165, 1.54) is 0 Å². The number of rotatable bonds is 9. The first kappa shape index (κ1) is 24.2. The van der Waals surface area contributed by atoms with Gasteiger partial charge in [-0.3, -0.25) is 19.4 Å². The van der Waals surface area contributed by atoms with Crippen molar-refractivity contribution in [3.05, 3.63) is 65.7 Å². The molecule has 8 nitrogen and oxygen atoms in total. The lowest BCUT2D eigenvalue weighted by Crippen LogP contribution is -2.52. The molecule has 8 heteroatoms. The van der Waals surface area contributed by atoms with Crippen molar-refractivity contribution in [2.45, 2.75) is 6.61 Å². The van der Waals surface area contributed by atoms with Gasteiger partial charge in [-0.2, -0.15) is 0 Å². The number of amides is 2. The van der Waals surface area contributed by atoms with E-state index in [9.17, 15) is 9.59 Å². The Kier molecular flexibility index (Phi) is 8.90. The number of benzene rings is 2. The van der Waals surface area contributed by atoms with E-state index in [-0.39, 0.29) is 11.8 Å². The van der Waals surface area contributed by atoms with Crippen molar-refractivity contribution in [2.75, 3.05) is 72.1 Å². The molecule has 34 heavy (non-hydrogen) atoms. The van der Waals surface area contributed by atoms with Gasteiger partial charge in [0.1, 0.15) is 12.4 Å². The molecular formula is C26H34N4O4. The summed E-state index contributed by atoms with van der Waals surface area (Å²) >= 11 is 0. The summed E-state index contributed by atoms with van der Waals surface area (Å²) in [4.78, 5) is 31.3. The van der Waals surface area contributed by atoms with E-state index < -0.39 is 0 Å². The number of ether oxygens (including phenoxy) is 2. The van der Waals surface area contributed by atoms with Gasteiger partial charge in [0.15, 0.2) is 0 Å². The summed E-state index contributed by atoms with van der Waals surface area (Å²) < 4.78 is 11.1. The predicted octanol–water partition coefficient (Wildman–Crippen LogP) is 1.47. The second-order valence-corrected chi connectivity index (χ2v) is 8.67. The normalized spacial score (nSPS) is 17.4. The Morgan fingerprint density at radius 2 is 1.53 bits per heavy atom. The van der Waals surface area contributed by atoms with Gasteiger partial charge in [-0.25, -0.2) is 0 Å². The van der Waals surface area contributed by atoms with Crippen molar-refractivity contribution in [3.8, 4) is 5.75 Å². The fraction of sp³-hybridized carbons (Fsp3) is 0.462. The topological polar surface area (TPSA) is 74.4 Å². The zero-order valence-electron chi connectivity index (χ0n) is 19.7. The van der Waals surface area contributed by atoms with Crippen LogP contribution in [-0.4, -0.2) is 98.6 Å². The van der Waals surface area contributed by atoms with Crippen molar-refractivity contribution in [3.63, 3.8) is 0 Å². The van der Waals surface area contributed by atoms with E-state index in [1.807, 2.05) is 47.4 Å². The average Bonchev–Trinajstić information content (AvgIpc) is 2.90. The zero-order chi connectivity index (χ0) is 23.6. The van der Waals surface area contributed by atoms with Crippen LogP contribution in [0.15, 0.2) is 54.6 Å². The van der Waals surface area contributed by atoms with Crippen molar-refractivity contribution in [1.29, 1.82) is 0 Å². The molecule has 0 saturated carbocycles. The van der Waals surface area contributed by atoms with Gasteiger partial charge in [0.25, 0.3) is 5.91 Å². The molecule has 2 amide bonds. The summed E-state index contributed by atoms with van der Waals surface area (Å²) in [5.41, 5.74) is 1.73. The Bertz CT molecular complexity index is 908. The van der Waals surface area contributed by atoms with Crippen molar-refractivity contribution in [2.24, 2.45) is 0 Å². The van der Waals surface area contributed by atoms with Crippen LogP contribution in [0.5, 0.6) is 5.75 Å². The number of carbonyl (C=O) groups excluding carboxylic acids is 2. The van der Waals surface area contributed by atoms with Crippen LogP contribution in [0.25, 0.3) is 0 Å². The van der Waals surface area contributed by atoms with Crippen molar-refractivity contribution >= 4 is 11.8 Å². The zero-order valence-corrected chi connectivity index (χ0v) is 19.7. The number of carbonyl (C=O) groups is 2. The first-order chi connectivity index (χ1) is 16.7. The summed E-state index contributed by atoms with van der Waals surface area (Å²) in [7, 11) is 0. The molecule has 0 atom stereocenters. The maximum atomic E-state index is 12.5. The molecule has 0 radical (unpaired) electrons. The molecule has 2 aliphatic rings. The first-order valence-corrected chi connectivity index (χ1v) is 12.0. The Balaban J connectivity index is 1.11. The molecule has 2 heterocycles. The molecule has 2 fully saturated rings. The maximum Gasteiger partial charge on any atom is 0.251 e. The highest BCUT2D eigenvalue weighted by Crippen LogP contribution is 2.14. The molecule has 2 aliphatic heterocycles. The quantitative estimate of drug-likeness (QED) is 0.604. The molecule has 0 bridgehead atoms. The molecule has 182 valence electrons. The van der Waals surface area contributed by atoms with Crippen LogP contribution >= 0.6 is 0 Å². The molecule has 0 spiro atoms. The molecule has 0 unspecified atom stereocenters. The largest absolute Gasteiger partial charge is 0.489 e. The standard InChI is InChI=1S/C26H34N4O4/c31-25(30-16-18-33-19-17-30)20-29-14-12-28(13-15-29)11-10-27-26(32)23-6-8-24(9-7-23)34-21-22-4-2-1-3-5-22/h1-9H,10-21H2,(H,27,32). The Hall–Kier alpha value is -2.94. The van der Waals surface area contributed by atoms with Gasteiger partial charge in [0.05, 0.1) is 19.8 Å². The van der Waals surface area contributed by atoms with Crippen LogP contribution < -0.4 is 10.1 Å². The minimum atomic E-state index is -0.0793. The highest BCUT2D eigenvalue weighted by molar-refractivity contribution is 5.94. The SMILES string of the molecule is O=C(NCCN1CCN(CC(=O)N2CCOCC2)CC1)c1ccc(OCc2ccccc2)cc1. The number of hydrogen-bond donors (Lipinski definition) is 1. The highest BCUT2D eigenvalue weighted by Gasteiger charge is 2.22. The van der Waals surface area contributed by atoms with Crippen LogP contribution in [0.2, 0.25) is 0 Å². The van der Waals surface area contributed by atoms with E-state index in [0.717, 1.165) is 44.0 Å². The fourth-order valence-electron chi connectivity index (χ4n) is 4.15. The van der Waals surface area contributed by atoms with E-state index in [1.54, 1.807) is 12.1 Å². The van der Waals surface area contributed by atoms with Crippen LogP contribution in [-0.2, 0) is 16.1 Å². The third-order valence-electron chi connectivity index (χ3n) is 6.27. The number of hydrogen-bond acceptors (Lipinski definition) is 6. The summed E-state index contributed by atoms with van der Waals surface area (Å²) in [6.45, 7) is 8.59. The minimum absolute atomic E-state index is 0.0793. The van der Waals surface area contributed by atoms with Crippen molar-refractivity contribution in [1.82, 2.24) is 20.0 Å². The Morgan fingerprint density at radius 1 is 0.853 bits per heavy atom. The van der Waals surface area contributed by atoms with Gasteiger partial charge in [-0.1, -0.05) is 30.3 Å². The first-order valence-electron chi connectivity index (χ1n) is 12.0. The second kappa shape index (κ2) is 12.5. The molecule has 0 aromatic heterocycles. The van der Waals surface area contributed by atoms with E-state index in [0.29, 0.717) is 51.6 Å². The molecule has 4 rings (SSSR count). The van der Waals surface area contributed by atoms with Gasteiger partial charge >= 0.3 is 0 Å². The lowest BCUT2D eigenvalue weighted by Gasteiger charge is -2.36. The second-order valence-electron chi connectivity index (χ2n) is 8.67. The monoisotopic (exact) mass is 466 g/mol. The molecule has 0 aliphatic carbocycles. The minimum Gasteiger partial charge on any atom is -0.489 e. The molecular weight excluding hydrogens is 432 g/mol. The van der Waals surface area contributed by atoms with Crippen LogP contribution in [0.3, 0.4) is 0 Å². The highest BCUT2D eigenvalue weighted by atomic mass is 16.5. The van der Waals surface area contributed by atoms with Crippen LogP contribution in [0, 0.1) is 0 Å².